The van der Waals surface area contributed by atoms with Crippen molar-refractivity contribution in [1.82, 2.24) is 10.3 Å². The summed E-state index contributed by atoms with van der Waals surface area (Å²) in [6.45, 7) is 6.31. The van der Waals surface area contributed by atoms with Crippen LogP contribution in [-0.4, -0.2) is 27.9 Å². The zero-order valence-electron chi connectivity index (χ0n) is 11.7. The van der Waals surface area contributed by atoms with E-state index >= 15 is 0 Å². The highest BCUT2D eigenvalue weighted by molar-refractivity contribution is 5.67. The van der Waals surface area contributed by atoms with E-state index in [4.69, 9.17) is 14.2 Å². The highest BCUT2D eigenvalue weighted by atomic mass is 16.5. The van der Waals surface area contributed by atoms with Crippen LogP contribution in [0.25, 0.3) is 0 Å². The predicted molar refractivity (Wildman–Crippen MR) is 70.5 cm³/mol. The summed E-state index contributed by atoms with van der Waals surface area (Å²) in [6.07, 6.45) is 0.0231. The maximum absolute atomic E-state index is 10.8. The van der Waals surface area contributed by atoms with Gasteiger partial charge in [-0.25, -0.2) is 0 Å². The van der Waals surface area contributed by atoms with Crippen LogP contribution in [0.4, 0.5) is 5.82 Å². The molecular formula is C13H17N3O4. The van der Waals surface area contributed by atoms with Crippen LogP contribution in [0.5, 0.6) is 0 Å². The van der Waals surface area contributed by atoms with E-state index in [1.54, 1.807) is 13.0 Å². The monoisotopic (exact) mass is 279 g/mol. The van der Waals surface area contributed by atoms with Crippen molar-refractivity contribution in [2.75, 3.05) is 11.4 Å². The van der Waals surface area contributed by atoms with Gasteiger partial charge in [-0.2, -0.15) is 0 Å². The lowest BCUT2D eigenvalue weighted by molar-refractivity contribution is -0.136. The number of aryl methyl sites for hydroxylation is 3. The molecule has 20 heavy (non-hydrogen) atoms. The number of aliphatic carboxylic acids is 1. The standard InChI is InChI=1S/C13H17N3O4/c1-8-6-12(15-19-8)16(5-4-13(17)18)7-11-9(2)14-20-10(11)3/h6H,4-5,7H2,1-3H3,(H,17,18). The first-order valence-electron chi connectivity index (χ1n) is 6.29. The van der Waals surface area contributed by atoms with Gasteiger partial charge in [0, 0.05) is 24.7 Å². The summed E-state index contributed by atoms with van der Waals surface area (Å²) in [5, 5.41) is 16.7. The summed E-state index contributed by atoms with van der Waals surface area (Å²) in [4.78, 5) is 12.6. The van der Waals surface area contributed by atoms with Crippen molar-refractivity contribution in [2.24, 2.45) is 0 Å². The van der Waals surface area contributed by atoms with E-state index in [0.29, 0.717) is 24.7 Å². The number of hydrogen-bond donors (Lipinski definition) is 1. The summed E-state index contributed by atoms with van der Waals surface area (Å²) in [5.41, 5.74) is 1.74. The lowest BCUT2D eigenvalue weighted by atomic mass is 10.2. The summed E-state index contributed by atoms with van der Waals surface area (Å²) in [6, 6.07) is 1.78. The van der Waals surface area contributed by atoms with Crippen molar-refractivity contribution in [1.29, 1.82) is 0 Å². The lowest BCUT2D eigenvalue weighted by Crippen LogP contribution is -2.26. The minimum Gasteiger partial charge on any atom is -0.481 e. The Balaban J connectivity index is 2.20. The molecule has 0 aromatic carbocycles. The molecule has 0 fully saturated rings. The Morgan fingerprint density at radius 3 is 2.55 bits per heavy atom. The van der Waals surface area contributed by atoms with E-state index in [9.17, 15) is 4.79 Å². The van der Waals surface area contributed by atoms with Crippen molar-refractivity contribution in [3.8, 4) is 0 Å². The Morgan fingerprint density at radius 1 is 1.30 bits per heavy atom. The summed E-state index contributed by atoms with van der Waals surface area (Å²) < 4.78 is 10.2. The van der Waals surface area contributed by atoms with Gasteiger partial charge < -0.3 is 19.1 Å². The van der Waals surface area contributed by atoms with Gasteiger partial charge in [-0.15, -0.1) is 0 Å². The van der Waals surface area contributed by atoms with Crippen molar-refractivity contribution in [3.63, 3.8) is 0 Å². The van der Waals surface area contributed by atoms with Crippen molar-refractivity contribution >= 4 is 11.8 Å². The second-order valence-electron chi connectivity index (χ2n) is 4.66. The highest BCUT2D eigenvalue weighted by Gasteiger charge is 2.18. The number of anilines is 1. The Hall–Kier alpha value is -2.31. The summed E-state index contributed by atoms with van der Waals surface area (Å²) in [7, 11) is 0. The van der Waals surface area contributed by atoms with Crippen molar-refractivity contribution < 1.29 is 18.9 Å². The molecule has 1 N–H and O–H groups in total. The SMILES string of the molecule is Cc1cc(N(CCC(=O)O)Cc2c(C)noc2C)no1. The summed E-state index contributed by atoms with van der Waals surface area (Å²) >= 11 is 0. The topological polar surface area (TPSA) is 92.6 Å². The molecule has 0 saturated heterocycles. The maximum Gasteiger partial charge on any atom is 0.305 e. The second kappa shape index (κ2) is 5.77. The molecule has 0 atom stereocenters. The first kappa shape index (κ1) is 14.1. The van der Waals surface area contributed by atoms with Gasteiger partial charge in [-0.05, 0) is 20.8 Å². The van der Waals surface area contributed by atoms with E-state index in [0.717, 1.165) is 17.0 Å². The number of nitrogens with zero attached hydrogens (tertiary/aromatic N) is 3. The molecule has 0 aliphatic rings. The Morgan fingerprint density at radius 2 is 2.05 bits per heavy atom. The molecule has 0 aliphatic carbocycles. The van der Waals surface area contributed by atoms with Crippen LogP contribution >= 0.6 is 0 Å². The van der Waals surface area contributed by atoms with E-state index < -0.39 is 5.97 Å². The quantitative estimate of drug-likeness (QED) is 0.865. The zero-order chi connectivity index (χ0) is 14.7. The van der Waals surface area contributed by atoms with Gasteiger partial charge in [0.15, 0.2) is 5.82 Å². The van der Waals surface area contributed by atoms with Gasteiger partial charge in [0.1, 0.15) is 11.5 Å². The normalized spacial score (nSPS) is 10.8. The van der Waals surface area contributed by atoms with E-state index in [2.05, 4.69) is 10.3 Å². The lowest BCUT2D eigenvalue weighted by Gasteiger charge is -2.20. The van der Waals surface area contributed by atoms with Gasteiger partial charge in [0.05, 0.1) is 12.1 Å². The number of carboxylic acid groups (broad SMARTS) is 1. The molecule has 0 unspecified atom stereocenters. The van der Waals surface area contributed by atoms with Gasteiger partial charge in [-0.3, -0.25) is 4.79 Å². The Labute approximate surface area is 116 Å². The third-order valence-corrected chi connectivity index (χ3v) is 3.07. The summed E-state index contributed by atoms with van der Waals surface area (Å²) in [5.74, 6) is 1.17. The molecule has 7 nitrogen and oxygen atoms in total. The van der Waals surface area contributed by atoms with Crippen molar-refractivity contribution in [2.45, 2.75) is 33.7 Å². The first-order chi connectivity index (χ1) is 9.47. The Bertz CT molecular complexity index is 583. The van der Waals surface area contributed by atoms with Gasteiger partial charge in [0.2, 0.25) is 0 Å². The molecule has 108 valence electrons. The number of carboxylic acids is 1. The number of rotatable bonds is 6. The second-order valence-corrected chi connectivity index (χ2v) is 4.66. The van der Waals surface area contributed by atoms with Crippen LogP contribution in [-0.2, 0) is 11.3 Å². The minimum atomic E-state index is -0.853. The third kappa shape index (κ3) is 3.17. The van der Waals surface area contributed by atoms with Crippen LogP contribution in [0.3, 0.4) is 0 Å². The maximum atomic E-state index is 10.8. The molecular weight excluding hydrogens is 262 g/mol. The average Bonchev–Trinajstić information content (AvgIpc) is 2.94. The number of carbonyl (C=O) groups is 1. The average molecular weight is 279 g/mol. The van der Waals surface area contributed by atoms with Gasteiger partial charge >= 0.3 is 5.97 Å². The molecule has 2 heterocycles. The first-order valence-corrected chi connectivity index (χ1v) is 6.29. The molecule has 0 radical (unpaired) electrons. The van der Waals surface area contributed by atoms with Crippen LogP contribution in [0, 0.1) is 20.8 Å². The van der Waals surface area contributed by atoms with E-state index in [1.807, 2.05) is 18.7 Å². The molecule has 2 aromatic heterocycles. The Kier molecular flexibility index (Phi) is 4.07. The van der Waals surface area contributed by atoms with Crippen molar-refractivity contribution in [3.05, 3.63) is 28.8 Å². The van der Waals surface area contributed by atoms with E-state index in [1.165, 1.54) is 0 Å². The zero-order valence-corrected chi connectivity index (χ0v) is 11.7. The van der Waals surface area contributed by atoms with Gasteiger partial charge in [-0.1, -0.05) is 10.3 Å². The minimum absolute atomic E-state index is 0.0231. The molecule has 0 amide bonds. The predicted octanol–water partition coefficient (Wildman–Crippen LogP) is 2.07. The van der Waals surface area contributed by atoms with Gasteiger partial charge in [0.25, 0.3) is 0 Å². The largest absolute Gasteiger partial charge is 0.481 e. The molecule has 2 rings (SSSR count). The van der Waals surface area contributed by atoms with Crippen LogP contribution < -0.4 is 4.90 Å². The highest BCUT2D eigenvalue weighted by Crippen LogP contribution is 2.21. The fourth-order valence-corrected chi connectivity index (χ4v) is 1.93. The third-order valence-electron chi connectivity index (χ3n) is 3.07. The smallest absolute Gasteiger partial charge is 0.305 e. The molecule has 0 saturated carbocycles. The molecule has 2 aromatic rings. The fourth-order valence-electron chi connectivity index (χ4n) is 1.93. The molecule has 0 spiro atoms. The number of hydrogen-bond acceptors (Lipinski definition) is 6. The molecule has 0 bridgehead atoms. The molecule has 0 aliphatic heterocycles. The molecule has 7 heteroatoms. The van der Waals surface area contributed by atoms with Crippen LogP contribution in [0.15, 0.2) is 15.1 Å². The fraction of sp³-hybridized carbons (Fsp3) is 0.462. The van der Waals surface area contributed by atoms with E-state index in [-0.39, 0.29) is 6.42 Å². The van der Waals surface area contributed by atoms with Crippen LogP contribution in [0.2, 0.25) is 0 Å². The number of aromatic nitrogens is 2. The van der Waals surface area contributed by atoms with Crippen LogP contribution in [0.1, 0.15) is 29.2 Å².